The third-order valence-electron chi connectivity index (χ3n) is 3.08. The number of rotatable bonds is 5. The van der Waals surface area contributed by atoms with Crippen molar-refractivity contribution in [2.24, 2.45) is 0 Å². The van der Waals surface area contributed by atoms with Crippen LogP contribution in [0.3, 0.4) is 0 Å². The van der Waals surface area contributed by atoms with Gasteiger partial charge in [-0.3, -0.25) is 9.69 Å². The van der Waals surface area contributed by atoms with Gasteiger partial charge in [0.05, 0.1) is 12.0 Å². The van der Waals surface area contributed by atoms with Crippen LogP contribution in [-0.4, -0.2) is 17.4 Å². The molecule has 0 aliphatic rings. The lowest BCUT2D eigenvalue weighted by Crippen LogP contribution is -2.30. The first-order valence-electron chi connectivity index (χ1n) is 6.77. The molecule has 4 nitrogen and oxygen atoms in total. The summed E-state index contributed by atoms with van der Waals surface area (Å²) in [6.45, 7) is 4.08. The van der Waals surface area contributed by atoms with Crippen molar-refractivity contribution in [3.05, 3.63) is 72.5 Å². The highest BCUT2D eigenvalue weighted by Gasteiger charge is 2.21. The summed E-state index contributed by atoms with van der Waals surface area (Å²) in [5.74, 6) is 0.0668. The first-order valence-corrected chi connectivity index (χ1v) is 7.65. The highest BCUT2D eigenvalue weighted by molar-refractivity contribution is 7.14. The highest BCUT2D eigenvalue weighted by atomic mass is 32.1. The molecule has 0 spiro atoms. The maximum absolute atomic E-state index is 12.5. The molecule has 0 fully saturated rings. The second-order valence-corrected chi connectivity index (χ2v) is 5.40. The summed E-state index contributed by atoms with van der Waals surface area (Å²) in [5, 5.41) is 2.57. The van der Waals surface area contributed by atoms with Crippen LogP contribution in [0.25, 0.3) is 11.3 Å². The lowest BCUT2D eigenvalue weighted by molar-refractivity contribution is 0.0963. The molecule has 1 aromatic carbocycles. The van der Waals surface area contributed by atoms with Crippen molar-refractivity contribution in [3.63, 3.8) is 0 Å². The van der Waals surface area contributed by atoms with E-state index in [0.29, 0.717) is 17.4 Å². The second kappa shape index (κ2) is 6.41. The molecule has 2 heterocycles. The smallest absolute Gasteiger partial charge is 0.296 e. The van der Waals surface area contributed by atoms with Crippen LogP contribution in [0, 0.1) is 0 Å². The van der Waals surface area contributed by atoms with Crippen molar-refractivity contribution < 1.29 is 9.21 Å². The molecule has 22 heavy (non-hydrogen) atoms. The van der Waals surface area contributed by atoms with Crippen molar-refractivity contribution >= 4 is 22.4 Å². The Bertz CT molecular complexity index is 763. The number of hydrogen-bond acceptors (Lipinski definition) is 4. The Kier molecular flexibility index (Phi) is 4.16. The largest absolute Gasteiger partial charge is 0.459 e. The van der Waals surface area contributed by atoms with Crippen LogP contribution in [0.5, 0.6) is 0 Å². The van der Waals surface area contributed by atoms with E-state index in [1.165, 1.54) is 17.6 Å². The van der Waals surface area contributed by atoms with Crippen molar-refractivity contribution in [2.45, 2.75) is 0 Å². The molecule has 0 radical (unpaired) electrons. The third kappa shape index (κ3) is 2.84. The van der Waals surface area contributed by atoms with Gasteiger partial charge < -0.3 is 4.42 Å². The minimum absolute atomic E-state index is 0.223. The molecule has 0 saturated carbocycles. The van der Waals surface area contributed by atoms with E-state index >= 15 is 0 Å². The molecule has 0 bridgehead atoms. The molecule has 2 aromatic heterocycles. The van der Waals surface area contributed by atoms with Crippen LogP contribution < -0.4 is 4.90 Å². The summed E-state index contributed by atoms with van der Waals surface area (Å²) in [5.41, 5.74) is 1.87. The molecule has 0 aliphatic heterocycles. The molecule has 3 rings (SSSR count). The zero-order chi connectivity index (χ0) is 15.4. The summed E-state index contributed by atoms with van der Waals surface area (Å²) < 4.78 is 5.19. The molecule has 0 aliphatic carbocycles. The maximum atomic E-state index is 12.5. The topological polar surface area (TPSA) is 46.3 Å². The number of thiazole rings is 1. The van der Waals surface area contributed by atoms with Crippen molar-refractivity contribution in [2.75, 3.05) is 11.4 Å². The number of carbonyl (C=O) groups is 1. The van der Waals surface area contributed by atoms with E-state index in [-0.39, 0.29) is 5.91 Å². The summed E-state index contributed by atoms with van der Waals surface area (Å²) in [6, 6.07) is 13.2. The van der Waals surface area contributed by atoms with Crippen molar-refractivity contribution in [1.29, 1.82) is 0 Å². The standard InChI is InChI=1S/C17H14N2O2S/c1-2-10-19(16(20)15-9-6-11-21-15)17-18-14(12-22-17)13-7-4-3-5-8-13/h2-9,11-12H,1,10H2. The van der Waals surface area contributed by atoms with Crippen LogP contribution in [0.4, 0.5) is 5.13 Å². The van der Waals surface area contributed by atoms with Crippen LogP contribution in [0.15, 0.2) is 71.2 Å². The van der Waals surface area contributed by atoms with Gasteiger partial charge in [-0.25, -0.2) is 4.98 Å². The van der Waals surface area contributed by atoms with E-state index < -0.39 is 0 Å². The van der Waals surface area contributed by atoms with Gasteiger partial charge >= 0.3 is 0 Å². The molecule has 0 atom stereocenters. The first kappa shape index (κ1) is 14.3. The molecule has 1 amide bonds. The number of hydrogen-bond donors (Lipinski definition) is 0. The van der Waals surface area contributed by atoms with Gasteiger partial charge in [-0.1, -0.05) is 36.4 Å². The predicted octanol–water partition coefficient (Wildman–Crippen LogP) is 4.24. The third-order valence-corrected chi connectivity index (χ3v) is 3.94. The molecular formula is C17H14N2O2S. The Morgan fingerprint density at radius 2 is 2.09 bits per heavy atom. The van der Waals surface area contributed by atoms with Crippen LogP contribution in [0.1, 0.15) is 10.6 Å². The molecule has 110 valence electrons. The minimum atomic E-state index is -0.223. The molecular weight excluding hydrogens is 296 g/mol. The lowest BCUT2D eigenvalue weighted by atomic mass is 10.2. The number of aromatic nitrogens is 1. The fraction of sp³-hybridized carbons (Fsp3) is 0.0588. The zero-order valence-corrected chi connectivity index (χ0v) is 12.6. The molecule has 0 N–H and O–H groups in total. The summed E-state index contributed by atoms with van der Waals surface area (Å²) in [6.07, 6.45) is 3.15. The average Bonchev–Trinajstić information content (AvgIpc) is 3.24. The van der Waals surface area contributed by atoms with Crippen LogP contribution in [-0.2, 0) is 0 Å². The van der Waals surface area contributed by atoms with Gasteiger partial charge in [0.1, 0.15) is 0 Å². The summed E-state index contributed by atoms with van der Waals surface area (Å²) in [4.78, 5) is 18.6. The molecule has 0 unspecified atom stereocenters. The first-order chi connectivity index (χ1) is 10.8. The lowest BCUT2D eigenvalue weighted by Gasteiger charge is -2.16. The summed E-state index contributed by atoms with van der Waals surface area (Å²) >= 11 is 1.42. The fourth-order valence-electron chi connectivity index (χ4n) is 2.04. The Morgan fingerprint density at radius 1 is 1.27 bits per heavy atom. The number of benzene rings is 1. The van der Waals surface area contributed by atoms with Gasteiger partial charge in [0.2, 0.25) is 0 Å². The van der Waals surface area contributed by atoms with E-state index in [1.807, 2.05) is 35.7 Å². The Hall–Kier alpha value is -2.66. The maximum Gasteiger partial charge on any atom is 0.296 e. The zero-order valence-electron chi connectivity index (χ0n) is 11.8. The second-order valence-electron chi connectivity index (χ2n) is 4.56. The Labute approximate surface area is 132 Å². The number of nitrogens with zero attached hydrogens (tertiary/aromatic N) is 2. The highest BCUT2D eigenvalue weighted by Crippen LogP contribution is 2.28. The van der Waals surface area contributed by atoms with Crippen LogP contribution in [0.2, 0.25) is 0 Å². The van der Waals surface area contributed by atoms with Crippen LogP contribution >= 0.6 is 11.3 Å². The molecule has 5 heteroatoms. The van der Waals surface area contributed by atoms with Gasteiger partial charge in [0.15, 0.2) is 10.9 Å². The number of furan rings is 1. The predicted molar refractivity (Wildman–Crippen MR) is 88.1 cm³/mol. The van der Waals surface area contributed by atoms with Gasteiger partial charge in [-0.2, -0.15) is 0 Å². The number of amides is 1. The van der Waals surface area contributed by atoms with E-state index in [2.05, 4.69) is 11.6 Å². The minimum Gasteiger partial charge on any atom is -0.459 e. The van der Waals surface area contributed by atoms with E-state index in [9.17, 15) is 4.79 Å². The SMILES string of the molecule is C=CCN(C(=O)c1ccco1)c1nc(-c2ccccc2)cs1. The Morgan fingerprint density at radius 3 is 2.77 bits per heavy atom. The number of carbonyl (C=O) groups excluding carboxylic acids is 1. The monoisotopic (exact) mass is 310 g/mol. The van der Waals surface area contributed by atoms with Gasteiger partial charge in [-0.05, 0) is 12.1 Å². The van der Waals surface area contributed by atoms with Gasteiger partial charge in [-0.15, -0.1) is 17.9 Å². The quantitative estimate of drug-likeness (QED) is 0.662. The van der Waals surface area contributed by atoms with E-state index in [0.717, 1.165) is 11.3 Å². The van der Waals surface area contributed by atoms with E-state index in [1.54, 1.807) is 23.1 Å². The number of anilines is 1. The average molecular weight is 310 g/mol. The van der Waals surface area contributed by atoms with Crippen molar-refractivity contribution in [3.8, 4) is 11.3 Å². The van der Waals surface area contributed by atoms with Gasteiger partial charge in [0.25, 0.3) is 5.91 Å². The van der Waals surface area contributed by atoms with Gasteiger partial charge in [0, 0.05) is 17.5 Å². The van der Waals surface area contributed by atoms with Crippen molar-refractivity contribution in [1.82, 2.24) is 4.98 Å². The van der Waals surface area contributed by atoms with E-state index in [4.69, 9.17) is 4.42 Å². The fourth-order valence-corrected chi connectivity index (χ4v) is 2.88. The molecule has 0 saturated heterocycles. The Balaban J connectivity index is 1.91. The molecule has 3 aromatic rings. The normalized spacial score (nSPS) is 10.4. The summed E-state index contributed by atoms with van der Waals surface area (Å²) in [7, 11) is 0.